The lowest BCUT2D eigenvalue weighted by Gasteiger charge is -2.35. The molecule has 1 aliphatic rings. The van der Waals surface area contributed by atoms with Gasteiger partial charge in [-0.05, 0) is 37.6 Å². The molecular weight excluding hydrogens is 378 g/mol. The van der Waals surface area contributed by atoms with Gasteiger partial charge >= 0.3 is 0 Å². The SMILES string of the molecule is CCCc1cc(N2CCN(C(=O)c3ccc(N(C)C)cc3)CC2)nc2nnc(C)n12. The first-order valence-corrected chi connectivity index (χ1v) is 10.5. The molecule has 8 nitrogen and oxygen atoms in total. The lowest BCUT2D eigenvalue weighted by molar-refractivity contribution is 0.0746. The molecule has 1 aliphatic heterocycles. The molecule has 158 valence electrons. The van der Waals surface area contributed by atoms with Crippen molar-refractivity contribution in [3.8, 4) is 0 Å². The second-order valence-corrected chi connectivity index (χ2v) is 7.96. The highest BCUT2D eigenvalue weighted by Gasteiger charge is 2.24. The fraction of sp³-hybridized carbons (Fsp3) is 0.455. The van der Waals surface area contributed by atoms with E-state index in [4.69, 9.17) is 4.98 Å². The summed E-state index contributed by atoms with van der Waals surface area (Å²) in [6, 6.07) is 9.93. The maximum atomic E-state index is 12.9. The van der Waals surface area contributed by atoms with Gasteiger partial charge < -0.3 is 14.7 Å². The number of fused-ring (bicyclic) bond motifs is 1. The van der Waals surface area contributed by atoms with Gasteiger partial charge in [0, 0.05) is 63.3 Å². The molecule has 1 aromatic carbocycles. The Morgan fingerprint density at radius 1 is 1.07 bits per heavy atom. The van der Waals surface area contributed by atoms with Gasteiger partial charge in [0.1, 0.15) is 11.6 Å². The first-order valence-electron chi connectivity index (χ1n) is 10.5. The van der Waals surface area contributed by atoms with Crippen LogP contribution < -0.4 is 9.80 Å². The van der Waals surface area contributed by atoms with Crippen LogP contribution in [-0.4, -0.2) is 70.7 Å². The van der Waals surface area contributed by atoms with E-state index in [9.17, 15) is 4.79 Å². The summed E-state index contributed by atoms with van der Waals surface area (Å²) in [4.78, 5) is 23.8. The van der Waals surface area contributed by atoms with E-state index in [0.29, 0.717) is 18.9 Å². The molecule has 0 unspecified atom stereocenters. The Morgan fingerprint density at radius 3 is 2.40 bits per heavy atom. The van der Waals surface area contributed by atoms with Crippen molar-refractivity contribution in [2.24, 2.45) is 0 Å². The van der Waals surface area contributed by atoms with Gasteiger partial charge in [-0.25, -0.2) is 0 Å². The predicted molar refractivity (Wildman–Crippen MR) is 118 cm³/mol. The van der Waals surface area contributed by atoms with E-state index >= 15 is 0 Å². The summed E-state index contributed by atoms with van der Waals surface area (Å²) in [7, 11) is 3.99. The minimum atomic E-state index is 0.0862. The summed E-state index contributed by atoms with van der Waals surface area (Å²) in [5, 5.41) is 8.41. The quantitative estimate of drug-likeness (QED) is 0.647. The van der Waals surface area contributed by atoms with Gasteiger partial charge in [0.15, 0.2) is 0 Å². The number of benzene rings is 1. The van der Waals surface area contributed by atoms with Crippen LogP contribution in [0.3, 0.4) is 0 Å². The number of carbonyl (C=O) groups excluding carboxylic acids is 1. The summed E-state index contributed by atoms with van der Waals surface area (Å²) in [6.07, 6.45) is 2.00. The Kier molecular flexibility index (Phi) is 5.57. The highest BCUT2D eigenvalue weighted by molar-refractivity contribution is 5.94. The van der Waals surface area contributed by atoms with Crippen LogP contribution in [0.5, 0.6) is 0 Å². The van der Waals surface area contributed by atoms with Crippen molar-refractivity contribution in [1.82, 2.24) is 24.5 Å². The van der Waals surface area contributed by atoms with Gasteiger partial charge in [-0.15, -0.1) is 10.2 Å². The Labute approximate surface area is 177 Å². The number of aromatic nitrogens is 4. The summed E-state index contributed by atoms with van der Waals surface area (Å²) < 4.78 is 2.03. The molecule has 1 saturated heterocycles. The van der Waals surface area contributed by atoms with E-state index < -0.39 is 0 Å². The van der Waals surface area contributed by atoms with Gasteiger partial charge in [0.2, 0.25) is 0 Å². The molecule has 3 aromatic rings. The molecule has 1 amide bonds. The van der Waals surface area contributed by atoms with Crippen LogP contribution in [0, 0.1) is 6.92 Å². The van der Waals surface area contributed by atoms with Gasteiger partial charge in [-0.2, -0.15) is 4.98 Å². The largest absolute Gasteiger partial charge is 0.378 e. The van der Waals surface area contributed by atoms with E-state index in [2.05, 4.69) is 28.1 Å². The Hall–Kier alpha value is -3.16. The maximum absolute atomic E-state index is 12.9. The summed E-state index contributed by atoms with van der Waals surface area (Å²) >= 11 is 0. The average Bonchev–Trinajstić information content (AvgIpc) is 3.14. The van der Waals surface area contributed by atoms with Gasteiger partial charge in [0.05, 0.1) is 0 Å². The van der Waals surface area contributed by atoms with Crippen molar-refractivity contribution in [1.29, 1.82) is 0 Å². The first-order chi connectivity index (χ1) is 14.5. The van der Waals surface area contributed by atoms with E-state index in [-0.39, 0.29) is 5.91 Å². The molecular formula is C22H29N7O. The Morgan fingerprint density at radius 2 is 1.77 bits per heavy atom. The lowest BCUT2D eigenvalue weighted by atomic mass is 10.1. The molecule has 0 radical (unpaired) electrons. The molecule has 0 spiro atoms. The van der Waals surface area contributed by atoms with Crippen molar-refractivity contribution in [2.45, 2.75) is 26.7 Å². The summed E-state index contributed by atoms with van der Waals surface area (Å²) in [5.74, 6) is 2.51. The third-order valence-electron chi connectivity index (χ3n) is 5.63. The highest BCUT2D eigenvalue weighted by atomic mass is 16.2. The number of rotatable bonds is 5. The fourth-order valence-corrected chi connectivity index (χ4v) is 3.93. The third-order valence-corrected chi connectivity index (χ3v) is 5.63. The topological polar surface area (TPSA) is 69.9 Å². The number of carbonyl (C=O) groups is 1. The van der Waals surface area contributed by atoms with Crippen LogP contribution in [0.25, 0.3) is 5.78 Å². The van der Waals surface area contributed by atoms with Crippen LogP contribution in [0.15, 0.2) is 30.3 Å². The van der Waals surface area contributed by atoms with Crippen molar-refractivity contribution in [3.05, 3.63) is 47.4 Å². The number of nitrogens with zero attached hydrogens (tertiary/aromatic N) is 7. The number of amides is 1. The zero-order chi connectivity index (χ0) is 21.3. The highest BCUT2D eigenvalue weighted by Crippen LogP contribution is 2.20. The van der Waals surface area contributed by atoms with E-state index in [1.807, 2.05) is 59.5 Å². The zero-order valence-electron chi connectivity index (χ0n) is 18.2. The van der Waals surface area contributed by atoms with E-state index in [0.717, 1.165) is 48.8 Å². The number of hydrogen-bond acceptors (Lipinski definition) is 6. The van der Waals surface area contributed by atoms with Crippen LogP contribution in [0.4, 0.5) is 11.5 Å². The Balaban J connectivity index is 1.47. The molecule has 0 aliphatic carbocycles. The monoisotopic (exact) mass is 407 g/mol. The van der Waals surface area contributed by atoms with Crippen molar-refractivity contribution < 1.29 is 4.79 Å². The molecule has 1 fully saturated rings. The predicted octanol–water partition coefficient (Wildman–Crippen LogP) is 2.41. The van der Waals surface area contributed by atoms with Crippen LogP contribution in [-0.2, 0) is 6.42 Å². The van der Waals surface area contributed by atoms with Crippen LogP contribution in [0.1, 0.15) is 35.2 Å². The molecule has 2 aromatic heterocycles. The average molecular weight is 408 g/mol. The van der Waals surface area contributed by atoms with Gasteiger partial charge in [-0.1, -0.05) is 13.3 Å². The smallest absolute Gasteiger partial charge is 0.257 e. The fourth-order valence-electron chi connectivity index (χ4n) is 3.93. The minimum absolute atomic E-state index is 0.0862. The van der Waals surface area contributed by atoms with E-state index in [1.165, 1.54) is 5.69 Å². The van der Waals surface area contributed by atoms with E-state index in [1.54, 1.807) is 0 Å². The molecule has 0 N–H and O–H groups in total. The molecule has 0 atom stereocenters. The molecule has 0 saturated carbocycles. The first kappa shape index (κ1) is 20.1. The van der Waals surface area contributed by atoms with Gasteiger partial charge in [0.25, 0.3) is 11.7 Å². The lowest BCUT2D eigenvalue weighted by Crippen LogP contribution is -2.49. The standard InChI is InChI=1S/C22H29N7O/c1-5-6-19-15-20(23-22-25-24-16(2)29(19)22)27-11-13-28(14-12-27)21(30)17-7-9-18(10-8-17)26(3)4/h7-10,15H,5-6,11-14H2,1-4H3. The third kappa shape index (κ3) is 3.81. The second-order valence-electron chi connectivity index (χ2n) is 7.96. The minimum Gasteiger partial charge on any atom is -0.378 e. The molecule has 8 heteroatoms. The Bertz CT molecular complexity index is 1030. The van der Waals surface area contributed by atoms with Crippen molar-refractivity contribution in [2.75, 3.05) is 50.1 Å². The number of hydrogen-bond donors (Lipinski definition) is 0. The zero-order valence-corrected chi connectivity index (χ0v) is 18.2. The maximum Gasteiger partial charge on any atom is 0.257 e. The van der Waals surface area contributed by atoms with Gasteiger partial charge in [-0.3, -0.25) is 9.20 Å². The normalized spacial score (nSPS) is 14.4. The van der Waals surface area contributed by atoms with Crippen molar-refractivity contribution in [3.63, 3.8) is 0 Å². The van der Waals surface area contributed by atoms with Crippen LogP contribution >= 0.6 is 0 Å². The molecule has 30 heavy (non-hydrogen) atoms. The number of piperazine rings is 1. The number of anilines is 2. The molecule has 0 bridgehead atoms. The summed E-state index contributed by atoms with van der Waals surface area (Å²) in [5.41, 5.74) is 3.00. The number of aryl methyl sites for hydroxylation is 2. The molecule has 4 rings (SSSR count). The summed E-state index contributed by atoms with van der Waals surface area (Å²) in [6.45, 7) is 6.98. The second kappa shape index (κ2) is 8.30. The molecule has 3 heterocycles. The van der Waals surface area contributed by atoms with Crippen LogP contribution in [0.2, 0.25) is 0 Å². The van der Waals surface area contributed by atoms with Crippen molar-refractivity contribution >= 4 is 23.2 Å².